The molecule has 0 spiro atoms. The molecule has 5 nitrogen and oxygen atoms in total. The number of halogens is 1. The fourth-order valence-corrected chi connectivity index (χ4v) is 6.61. The maximum absolute atomic E-state index is 14.0. The predicted molar refractivity (Wildman–Crippen MR) is 146 cm³/mol. The van der Waals surface area contributed by atoms with Gasteiger partial charge in [0, 0.05) is 21.3 Å². The molecule has 180 valence electrons. The molecule has 1 unspecified atom stereocenters. The average molecular weight is 570 g/mol. The summed E-state index contributed by atoms with van der Waals surface area (Å²) in [5, 5.41) is 1.21. The van der Waals surface area contributed by atoms with Gasteiger partial charge in [0.15, 0.2) is 10.9 Å². The minimum atomic E-state index is -0.0823. The first-order chi connectivity index (χ1) is 16.8. The fraction of sp³-hybridized carbons (Fsp3) is 0.296. The van der Waals surface area contributed by atoms with E-state index in [1.54, 1.807) is 16.7 Å². The number of hydrogen-bond acceptors (Lipinski definition) is 6. The number of ether oxygens (including phenoxy) is 1. The van der Waals surface area contributed by atoms with E-state index in [9.17, 15) is 9.59 Å². The molecule has 0 amide bonds. The number of aryl methyl sites for hydroxylation is 1. The van der Waals surface area contributed by atoms with Crippen LogP contribution in [0.2, 0.25) is 0 Å². The lowest BCUT2D eigenvalue weighted by molar-refractivity contribution is 0.00200. The normalized spacial score (nSPS) is 15.5. The summed E-state index contributed by atoms with van der Waals surface area (Å²) in [4.78, 5) is 33.6. The standard InChI is InChI=1S/C27H25BrN2O3S2/c1-15(2)22-12-20-23(13-33-22)35-25-24(20)26(32)30(19-6-4-5-16(3)11-19)27(29-25)34-14-21(31)17-7-9-18(28)10-8-17/h4-11,15,22H,12-14H2,1-3H3. The number of carbonyl (C=O) groups excluding carboxylic acids is 1. The van der Waals surface area contributed by atoms with Gasteiger partial charge in [0.25, 0.3) is 5.56 Å². The molecule has 2 aromatic carbocycles. The third-order valence-electron chi connectivity index (χ3n) is 6.21. The van der Waals surface area contributed by atoms with Crippen molar-refractivity contribution in [2.75, 3.05) is 5.75 Å². The van der Waals surface area contributed by atoms with Gasteiger partial charge in [-0.05, 0) is 48.2 Å². The van der Waals surface area contributed by atoms with Crippen molar-refractivity contribution in [3.05, 3.63) is 84.9 Å². The number of ketones is 1. The first-order valence-corrected chi connectivity index (χ1v) is 14.1. The number of nitrogens with zero attached hydrogens (tertiary/aromatic N) is 2. The Morgan fingerprint density at radius 2 is 2.03 bits per heavy atom. The molecule has 0 saturated heterocycles. The summed E-state index contributed by atoms with van der Waals surface area (Å²) < 4.78 is 8.64. The molecule has 0 radical (unpaired) electrons. The van der Waals surface area contributed by atoms with E-state index in [2.05, 4.69) is 29.8 Å². The largest absolute Gasteiger partial charge is 0.372 e. The van der Waals surface area contributed by atoms with Gasteiger partial charge in [-0.2, -0.15) is 0 Å². The molecule has 3 heterocycles. The molecular formula is C27H25BrN2O3S2. The summed E-state index contributed by atoms with van der Waals surface area (Å²) in [6.45, 7) is 6.80. The van der Waals surface area contributed by atoms with E-state index in [-0.39, 0.29) is 23.2 Å². The van der Waals surface area contributed by atoms with E-state index < -0.39 is 0 Å². The van der Waals surface area contributed by atoms with Gasteiger partial charge in [-0.3, -0.25) is 14.2 Å². The Labute approximate surface area is 220 Å². The first-order valence-electron chi connectivity index (χ1n) is 11.5. The van der Waals surface area contributed by atoms with Gasteiger partial charge in [-0.25, -0.2) is 4.98 Å². The summed E-state index contributed by atoms with van der Waals surface area (Å²) in [7, 11) is 0. The molecule has 0 saturated carbocycles. The quantitative estimate of drug-likeness (QED) is 0.149. The van der Waals surface area contributed by atoms with Crippen molar-refractivity contribution in [3.8, 4) is 5.69 Å². The molecule has 1 atom stereocenters. The number of fused-ring (bicyclic) bond motifs is 3. The molecule has 8 heteroatoms. The summed E-state index contributed by atoms with van der Waals surface area (Å²) in [6, 6.07) is 15.2. The molecule has 0 fully saturated rings. The Hall–Kier alpha value is -2.26. The highest BCUT2D eigenvalue weighted by Gasteiger charge is 2.29. The Bertz CT molecular complexity index is 1470. The second kappa shape index (κ2) is 10.0. The second-order valence-corrected chi connectivity index (χ2v) is 12.0. The van der Waals surface area contributed by atoms with Crippen molar-refractivity contribution in [1.29, 1.82) is 0 Å². The number of benzene rings is 2. The fourth-order valence-electron chi connectivity index (χ4n) is 4.28. The zero-order valence-electron chi connectivity index (χ0n) is 19.7. The van der Waals surface area contributed by atoms with Crippen LogP contribution in [0.4, 0.5) is 0 Å². The van der Waals surface area contributed by atoms with Gasteiger partial charge >= 0.3 is 0 Å². The zero-order valence-corrected chi connectivity index (χ0v) is 22.9. The van der Waals surface area contributed by atoms with Gasteiger partial charge in [-0.1, -0.05) is 65.8 Å². The Kier molecular flexibility index (Phi) is 6.99. The maximum Gasteiger partial charge on any atom is 0.267 e. The summed E-state index contributed by atoms with van der Waals surface area (Å²) in [6.07, 6.45) is 0.802. The van der Waals surface area contributed by atoms with E-state index >= 15 is 0 Å². The highest BCUT2D eigenvalue weighted by Crippen LogP contribution is 2.36. The van der Waals surface area contributed by atoms with Gasteiger partial charge in [0.1, 0.15) is 4.83 Å². The minimum Gasteiger partial charge on any atom is -0.372 e. The number of Topliss-reactive ketones (excluding diaryl/α,β-unsaturated/α-hetero) is 1. The van der Waals surface area contributed by atoms with Crippen molar-refractivity contribution in [1.82, 2.24) is 9.55 Å². The van der Waals surface area contributed by atoms with E-state index in [1.807, 2.05) is 43.3 Å². The lowest BCUT2D eigenvalue weighted by atomic mass is 9.96. The highest BCUT2D eigenvalue weighted by atomic mass is 79.9. The van der Waals surface area contributed by atoms with Gasteiger partial charge in [0.05, 0.1) is 29.5 Å². The van der Waals surface area contributed by atoms with Crippen LogP contribution in [0, 0.1) is 12.8 Å². The molecule has 0 N–H and O–H groups in total. The second-order valence-electron chi connectivity index (χ2n) is 9.07. The van der Waals surface area contributed by atoms with Gasteiger partial charge < -0.3 is 4.74 Å². The Morgan fingerprint density at radius 1 is 1.26 bits per heavy atom. The van der Waals surface area contributed by atoms with Crippen molar-refractivity contribution < 1.29 is 9.53 Å². The van der Waals surface area contributed by atoms with Crippen LogP contribution in [0.3, 0.4) is 0 Å². The van der Waals surface area contributed by atoms with Crippen LogP contribution in [0.25, 0.3) is 15.9 Å². The van der Waals surface area contributed by atoms with Crippen LogP contribution in [0.5, 0.6) is 0 Å². The molecule has 1 aliphatic rings. The number of rotatable bonds is 6. The number of thiophene rings is 1. The minimum absolute atomic E-state index is 0.00807. The SMILES string of the molecule is Cc1cccc(-n2c(SCC(=O)c3ccc(Br)cc3)nc3sc4c(c3c2=O)CC(C(C)C)OC4)c1. The van der Waals surface area contributed by atoms with E-state index in [1.165, 1.54) is 23.1 Å². The third-order valence-corrected chi connectivity index (χ3v) is 8.78. The van der Waals surface area contributed by atoms with Gasteiger partial charge in [-0.15, -0.1) is 11.3 Å². The molecule has 0 bridgehead atoms. The van der Waals surface area contributed by atoms with Crippen molar-refractivity contribution >= 4 is 55.0 Å². The smallest absolute Gasteiger partial charge is 0.267 e. The lowest BCUT2D eigenvalue weighted by Crippen LogP contribution is -2.28. The highest BCUT2D eigenvalue weighted by molar-refractivity contribution is 9.10. The van der Waals surface area contributed by atoms with Crippen LogP contribution in [0.1, 0.15) is 40.2 Å². The zero-order chi connectivity index (χ0) is 24.7. The summed E-state index contributed by atoms with van der Waals surface area (Å²) in [5.74, 6) is 0.547. The van der Waals surface area contributed by atoms with Crippen molar-refractivity contribution in [2.24, 2.45) is 5.92 Å². The van der Waals surface area contributed by atoms with Gasteiger partial charge in [0.2, 0.25) is 0 Å². The van der Waals surface area contributed by atoms with E-state index in [0.29, 0.717) is 35.1 Å². The molecule has 0 aliphatic carbocycles. The van der Waals surface area contributed by atoms with Crippen LogP contribution in [-0.2, 0) is 17.8 Å². The topological polar surface area (TPSA) is 61.2 Å². The van der Waals surface area contributed by atoms with E-state index in [4.69, 9.17) is 9.72 Å². The molecule has 5 rings (SSSR count). The first kappa shape index (κ1) is 24.4. The van der Waals surface area contributed by atoms with Crippen LogP contribution in [0.15, 0.2) is 63.0 Å². The molecule has 2 aromatic heterocycles. The Morgan fingerprint density at radius 3 is 2.74 bits per heavy atom. The number of thioether (sulfide) groups is 1. The van der Waals surface area contributed by atoms with Crippen LogP contribution in [-0.4, -0.2) is 27.2 Å². The van der Waals surface area contributed by atoms with Crippen molar-refractivity contribution in [3.63, 3.8) is 0 Å². The molecule has 4 aromatic rings. The third kappa shape index (κ3) is 4.89. The van der Waals surface area contributed by atoms with Crippen LogP contribution < -0.4 is 5.56 Å². The number of carbonyl (C=O) groups is 1. The monoisotopic (exact) mass is 568 g/mol. The average Bonchev–Trinajstić information content (AvgIpc) is 3.20. The molecule has 35 heavy (non-hydrogen) atoms. The number of aromatic nitrogens is 2. The summed E-state index contributed by atoms with van der Waals surface area (Å²) in [5.41, 5.74) is 3.43. The predicted octanol–water partition coefficient (Wildman–Crippen LogP) is 6.59. The number of hydrogen-bond donors (Lipinski definition) is 0. The lowest BCUT2D eigenvalue weighted by Gasteiger charge is -2.26. The summed E-state index contributed by atoms with van der Waals surface area (Å²) >= 11 is 6.24. The Balaban J connectivity index is 1.60. The van der Waals surface area contributed by atoms with Crippen LogP contribution >= 0.6 is 39.0 Å². The molecular weight excluding hydrogens is 544 g/mol. The van der Waals surface area contributed by atoms with Crippen molar-refractivity contribution in [2.45, 2.75) is 45.1 Å². The van der Waals surface area contributed by atoms with E-state index in [0.717, 1.165) is 31.0 Å². The molecule has 1 aliphatic heterocycles. The maximum atomic E-state index is 14.0.